The van der Waals surface area contributed by atoms with Crippen LogP contribution >= 0.6 is 23.2 Å². The zero-order valence-electron chi connectivity index (χ0n) is 10.5. The van der Waals surface area contributed by atoms with Gasteiger partial charge in [-0.2, -0.15) is 0 Å². The second-order valence-corrected chi connectivity index (χ2v) is 5.89. The summed E-state index contributed by atoms with van der Waals surface area (Å²) >= 11 is 12.0. The Balaban J connectivity index is 2.56. The summed E-state index contributed by atoms with van der Waals surface area (Å²) in [5, 5.41) is 1.15. The fourth-order valence-corrected chi connectivity index (χ4v) is 1.80. The van der Waals surface area contributed by atoms with Crippen molar-refractivity contribution in [2.75, 3.05) is 6.61 Å². The van der Waals surface area contributed by atoms with E-state index in [0.717, 1.165) is 5.56 Å². The van der Waals surface area contributed by atoms with Gasteiger partial charge in [-0.15, -0.1) is 0 Å². The molecule has 0 heterocycles. The van der Waals surface area contributed by atoms with E-state index in [1.807, 2.05) is 32.9 Å². The first-order valence-electron chi connectivity index (χ1n) is 5.62. The Bertz CT molecular complexity index is 374. The smallest absolute Gasteiger partial charge is 0.0627 e. The highest BCUT2D eigenvalue weighted by Crippen LogP contribution is 2.26. The van der Waals surface area contributed by atoms with Crippen molar-refractivity contribution in [3.8, 4) is 0 Å². The topological polar surface area (TPSA) is 35.2 Å². The van der Waals surface area contributed by atoms with E-state index in [4.69, 9.17) is 33.7 Å². The number of rotatable bonds is 4. The van der Waals surface area contributed by atoms with Crippen LogP contribution in [0.25, 0.3) is 0 Å². The Hall–Kier alpha value is -0.280. The highest BCUT2D eigenvalue weighted by Gasteiger charge is 2.14. The van der Waals surface area contributed by atoms with Crippen LogP contribution in [0.1, 0.15) is 26.3 Å². The van der Waals surface area contributed by atoms with Gasteiger partial charge in [0.25, 0.3) is 0 Å². The summed E-state index contributed by atoms with van der Waals surface area (Å²) in [5.74, 6) is 0. The average Bonchev–Trinajstić information content (AvgIpc) is 2.21. The van der Waals surface area contributed by atoms with Crippen LogP contribution in [0.2, 0.25) is 10.0 Å². The molecule has 1 atom stereocenters. The average molecular weight is 276 g/mol. The maximum absolute atomic E-state index is 6.10. The predicted molar refractivity (Wildman–Crippen MR) is 73.8 cm³/mol. The maximum Gasteiger partial charge on any atom is 0.0627 e. The molecule has 0 saturated carbocycles. The van der Waals surface area contributed by atoms with E-state index in [1.165, 1.54) is 0 Å². The summed E-state index contributed by atoms with van der Waals surface area (Å²) in [6.07, 6.45) is 0.662. The van der Waals surface area contributed by atoms with E-state index in [2.05, 4.69) is 0 Å². The molecule has 96 valence electrons. The van der Waals surface area contributed by atoms with Crippen molar-refractivity contribution in [3.05, 3.63) is 33.8 Å². The van der Waals surface area contributed by atoms with Crippen molar-refractivity contribution in [2.45, 2.75) is 38.8 Å². The van der Waals surface area contributed by atoms with Gasteiger partial charge < -0.3 is 10.5 Å². The Morgan fingerprint density at radius 3 is 2.53 bits per heavy atom. The molecule has 0 amide bonds. The van der Waals surface area contributed by atoms with Gasteiger partial charge in [-0.1, -0.05) is 35.3 Å². The number of ether oxygens (including phenoxy) is 1. The molecular formula is C13H19Cl2NO. The summed E-state index contributed by atoms with van der Waals surface area (Å²) in [6, 6.07) is 5.50. The van der Waals surface area contributed by atoms with Gasteiger partial charge in [0.2, 0.25) is 0 Å². The fraction of sp³-hybridized carbons (Fsp3) is 0.538. The molecule has 2 N–H and O–H groups in total. The fourth-order valence-electron chi connectivity index (χ4n) is 1.40. The molecule has 0 aliphatic heterocycles. The van der Waals surface area contributed by atoms with Crippen LogP contribution in [0.5, 0.6) is 0 Å². The molecule has 0 saturated heterocycles. The quantitative estimate of drug-likeness (QED) is 0.910. The Morgan fingerprint density at radius 1 is 1.29 bits per heavy atom. The third kappa shape index (κ3) is 5.26. The van der Waals surface area contributed by atoms with Crippen LogP contribution in [-0.4, -0.2) is 18.2 Å². The second-order valence-electron chi connectivity index (χ2n) is 5.10. The van der Waals surface area contributed by atoms with E-state index in [1.54, 1.807) is 6.07 Å². The van der Waals surface area contributed by atoms with Gasteiger partial charge in [0.1, 0.15) is 0 Å². The normalized spacial score (nSPS) is 13.8. The van der Waals surface area contributed by atoms with Crippen LogP contribution in [0.15, 0.2) is 18.2 Å². The lowest BCUT2D eigenvalue weighted by molar-refractivity contribution is -0.00982. The molecule has 0 bridgehead atoms. The summed E-state index contributed by atoms with van der Waals surface area (Å²) < 4.78 is 5.63. The molecule has 0 radical (unpaired) electrons. The first-order chi connectivity index (χ1) is 7.79. The first kappa shape index (κ1) is 14.8. The van der Waals surface area contributed by atoms with Crippen molar-refractivity contribution in [3.63, 3.8) is 0 Å². The first-order valence-corrected chi connectivity index (χ1v) is 6.37. The molecule has 0 aliphatic rings. The van der Waals surface area contributed by atoms with E-state index in [0.29, 0.717) is 23.1 Å². The summed E-state index contributed by atoms with van der Waals surface area (Å²) in [5.41, 5.74) is 6.80. The Kier molecular flexibility index (Phi) is 5.26. The van der Waals surface area contributed by atoms with Crippen molar-refractivity contribution in [1.29, 1.82) is 0 Å². The molecule has 1 aromatic rings. The van der Waals surface area contributed by atoms with E-state index in [9.17, 15) is 0 Å². The lowest BCUT2D eigenvalue weighted by Crippen LogP contribution is -2.33. The van der Waals surface area contributed by atoms with Gasteiger partial charge in [0.05, 0.1) is 22.3 Å². The number of halogens is 2. The van der Waals surface area contributed by atoms with Gasteiger partial charge in [-0.25, -0.2) is 0 Å². The second kappa shape index (κ2) is 6.05. The number of hydrogen-bond donors (Lipinski definition) is 1. The number of benzene rings is 1. The Morgan fingerprint density at radius 2 is 1.94 bits per heavy atom. The van der Waals surface area contributed by atoms with Crippen molar-refractivity contribution < 1.29 is 4.74 Å². The van der Waals surface area contributed by atoms with Gasteiger partial charge in [-0.05, 0) is 38.8 Å². The SMILES string of the molecule is CC(C)(C)OCC(N)Cc1cccc(Cl)c1Cl. The molecule has 0 fully saturated rings. The molecule has 2 nitrogen and oxygen atoms in total. The predicted octanol–water partition coefficient (Wildman–Crippen LogP) is 3.68. The van der Waals surface area contributed by atoms with Crippen LogP contribution in [0.4, 0.5) is 0 Å². The minimum Gasteiger partial charge on any atom is -0.374 e. The molecule has 0 spiro atoms. The van der Waals surface area contributed by atoms with E-state index < -0.39 is 0 Å². The highest BCUT2D eigenvalue weighted by molar-refractivity contribution is 6.42. The number of hydrogen-bond acceptors (Lipinski definition) is 2. The number of nitrogens with two attached hydrogens (primary N) is 1. The molecule has 0 aliphatic carbocycles. The molecular weight excluding hydrogens is 257 g/mol. The zero-order chi connectivity index (χ0) is 13.1. The van der Waals surface area contributed by atoms with Gasteiger partial charge in [0, 0.05) is 6.04 Å². The molecule has 1 rings (SSSR count). The van der Waals surface area contributed by atoms with Crippen molar-refractivity contribution >= 4 is 23.2 Å². The monoisotopic (exact) mass is 275 g/mol. The molecule has 4 heteroatoms. The maximum atomic E-state index is 6.10. The van der Waals surface area contributed by atoms with Gasteiger partial charge in [0.15, 0.2) is 0 Å². The summed E-state index contributed by atoms with van der Waals surface area (Å²) in [4.78, 5) is 0. The largest absolute Gasteiger partial charge is 0.374 e. The molecule has 1 unspecified atom stereocenters. The summed E-state index contributed by atoms with van der Waals surface area (Å²) in [7, 11) is 0. The van der Waals surface area contributed by atoms with Gasteiger partial charge >= 0.3 is 0 Å². The third-order valence-electron chi connectivity index (χ3n) is 2.24. The third-order valence-corrected chi connectivity index (χ3v) is 3.10. The minimum absolute atomic E-state index is 0.0785. The highest BCUT2D eigenvalue weighted by atomic mass is 35.5. The standard InChI is InChI=1S/C13H19Cl2NO/c1-13(2,3)17-8-10(16)7-9-5-4-6-11(14)12(9)15/h4-6,10H,7-8,16H2,1-3H3. The van der Waals surface area contributed by atoms with E-state index >= 15 is 0 Å². The lowest BCUT2D eigenvalue weighted by atomic mass is 10.1. The van der Waals surface area contributed by atoms with Crippen LogP contribution in [0.3, 0.4) is 0 Å². The van der Waals surface area contributed by atoms with Crippen LogP contribution in [0, 0.1) is 0 Å². The van der Waals surface area contributed by atoms with Crippen LogP contribution < -0.4 is 5.73 Å². The zero-order valence-corrected chi connectivity index (χ0v) is 12.0. The van der Waals surface area contributed by atoms with Crippen LogP contribution in [-0.2, 0) is 11.2 Å². The van der Waals surface area contributed by atoms with Gasteiger partial charge in [-0.3, -0.25) is 0 Å². The van der Waals surface area contributed by atoms with Crippen molar-refractivity contribution in [2.24, 2.45) is 5.73 Å². The van der Waals surface area contributed by atoms with Crippen molar-refractivity contribution in [1.82, 2.24) is 0 Å². The molecule has 17 heavy (non-hydrogen) atoms. The molecule has 0 aromatic heterocycles. The Labute approximate surface area is 113 Å². The summed E-state index contributed by atoms with van der Waals surface area (Å²) in [6.45, 7) is 6.52. The minimum atomic E-state index is -0.171. The molecule has 1 aromatic carbocycles. The lowest BCUT2D eigenvalue weighted by Gasteiger charge is -2.22. The van der Waals surface area contributed by atoms with E-state index in [-0.39, 0.29) is 11.6 Å².